The van der Waals surface area contributed by atoms with Crippen molar-refractivity contribution in [1.82, 2.24) is 25.2 Å². The highest BCUT2D eigenvalue weighted by Crippen LogP contribution is 2.47. The quantitative estimate of drug-likeness (QED) is 0.194. The standard InChI is InChI=1S/C36H52FN5O9S/c1-10-21-16-36(21,30(45)40-52(48,49)22-14-15-22)39-28(43)27-35(8,9)25(50-32(47)41-17-20-12-11-13-24(37)23(20)18-41)19-42(27)29(44)26(33(2,3)4)38-31(46)51-34(5,6)7/h10-13,21-22,25-27,31,38,46H,1,14-19H2,2-9H3,(H,39,43)(H,40,45). The molecule has 4 aliphatic rings. The van der Waals surface area contributed by atoms with Gasteiger partial charge in [0.05, 0.1) is 30.0 Å². The number of sulfonamides is 1. The largest absolute Gasteiger partial charge is 0.444 e. The lowest BCUT2D eigenvalue weighted by atomic mass is 9.81. The molecule has 0 aromatic heterocycles. The van der Waals surface area contributed by atoms with Crippen molar-refractivity contribution in [3.05, 3.63) is 47.8 Å². The number of hydrogen-bond acceptors (Lipinski definition) is 10. The third-order valence-corrected chi connectivity index (χ3v) is 12.1. The van der Waals surface area contributed by atoms with Gasteiger partial charge in [-0.3, -0.25) is 29.3 Å². The Labute approximate surface area is 304 Å². The van der Waals surface area contributed by atoms with Crippen molar-refractivity contribution in [3.63, 3.8) is 0 Å². The van der Waals surface area contributed by atoms with Crippen LogP contribution in [0.1, 0.15) is 85.8 Å². The van der Waals surface area contributed by atoms with Gasteiger partial charge in [0, 0.05) is 23.4 Å². The Morgan fingerprint density at radius 1 is 1.10 bits per heavy atom. The van der Waals surface area contributed by atoms with Crippen LogP contribution < -0.4 is 15.4 Å². The molecule has 0 spiro atoms. The fourth-order valence-electron chi connectivity index (χ4n) is 7.06. The monoisotopic (exact) mass is 749 g/mol. The van der Waals surface area contributed by atoms with E-state index < -0.39 is 97.4 Å². The third kappa shape index (κ3) is 7.99. The summed E-state index contributed by atoms with van der Waals surface area (Å²) in [7, 11) is -3.95. The molecule has 2 aliphatic carbocycles. The predicted octanol–water partition coefficient (Wildman–Crippen LogP) is 2.65. The molecule has 1 saturated heterocycles. The third-order valence-electron chi connectivity index (χ3n) is 10.3. The van der Waals surface area contributed by atoms with Crippen LogP contribution in [0.25, 0.3) is 0 Å². The van der Waals surface area contributed by atoms with Crippen molar-refractivity contribution in [2.75, 3.05) is 6.54 Å². The number of nitrogens with one attached hydrogen (secondary N) is 3. The minimum absolute atomic E-state index is 0.0213. The first-order valence-electron chi connectivity index (χ1n) is 17.6. The molecule has 4 N–H and O–H groups in total. The zero-order valence-corrected chi connectivity index (χ0v) is 31.9. The number of halogens is 1. The summed E-state index contributed by atoms with van der Waals surface area (Å²) in [6.07, 6.45) is -0.987. The maximum atomic E-state index is 14.6. The summed E-state index contributed by atoms with van der Waals surface area (Å²) >= 11 is 0. The van der Waals surface area contributed by atoms with Crippen molar-refractivity contribution < 1.29 is 46.6 Å². The second-order valence-corrected chi connectivity index (χ2v) is 19.0. The fourth-order valence-corrected chi connectivity index (χ4v) is 8.43. The molecule has 52 heavy (non-hydrogen) atoms. The van der Waals surface area contributed by atoms with Gasteiger partial charge in [0.25, 0.3) is 5.91 Å². The molecule has 6 unspecified atom stereocenters. The molecule has 6 atom stereocenters. The van der Waals surface area contributed by atoms with E-state index in [1.54, 1.807) is 67.5 Å². The fraction of sp³-hybridized carbons (Fsp3) is 0.667. The van der Waals surface area contributed by atoms with Gasteiger partial charge in [-0.1, -0.05) is 52.8 Å². The molecule has 4 amide bonds. The minimum atomic E-state index is -3.95. The predicted molar refractivity (Wildman–Crippen MR) is 188 cm³/mol. The van der Waals surface area contributed by atoms with Gasteiger partial charge in [-0.15, -0.1) is 6.58 Å². The van der Waals surface area contributed by atoms with Crippen molar-refractivity contribution in [2.24, 2.45) is 16.7 Å². The molecule has 0 radical (unpaired) electrons. The number of nitrogens with zero attached hydrogens (tertiary/aromatic N) is 2. The molecular formula is C36H52FN5O9S. The van der Waals surface area contributed by atoms with E-state index >= 15 is 0 Å². The van der Waals surface area contributed by atoms with E-state index in [9.17, 15) is 37.1 Å². The van der Waals surface area contributed by atoms with Crippen LogP contribution in [0, 0.1) is 22.6 Å². The number of ether oxygens (including phenoxy) is 2. The number of likely N-dealkylation sites (tertiary alicyclic amines) is 1. The van der Waals surface area contributed by atoms with Crippen LogP contribution in [-0.4, -0.2) is 94.7 Å². The van der Waals surface area contributed by atoms with Gasteiger partial charge >= 0.3 is 6.09 Å². The number of amides is 4. The molecule has 0 bridgehead atoms. The van der Waals surface area contributed by atoms with Crippen molar-refractivity contribution in [1.29, 1.82) is 0 Å². The number of aliphatic hydroxyl groups excluding tert-OH is 1. The number of fused-ring (bicyclic) bond motifs is 1. The number of aliphatic hydroxyl groups is 1. The Kier molecular flexibility index (Phi) is 10.4. The zero-order chi connectivity index (χ0) is 38.8. The van der Waals surface area contributed by atoms with Crippen LogP contribution in [-0.2, 0) is 47.0 Å². The Morgan fingerprint density at radius 3 is 2.29 bits per heavy atom. The normalized spacial score (nSPS) is 26.6. The first-order valence-corrected chi connectivity index (χ1v) is 19.1. The van der Waals surface area contributed by atoms with Gasteiger partial charge in [0.1, 0.15) is 23.5 Å². The summed E-state index contributed by atoms with van der Waals surface area (Å²) < 4.78 is 53.7. The highest BCUT2D eigenvalue weighted by atomic mass is 32.2. The Balaban J connectivity index is 1.45. The molecule has 1 aromatic rings. The lowest BCUT2D eigenvalue weighted by Crippen LogP contribution is -2.62. The molecule has 1 aromatic carbocycles. The topological polar surface area (TPSA) is 184 Å². The summed E-state index contributed by atoms with van der Waals surface area (Å²) in [6, 6.07) is 2.14. The molecule has 2 aliphatic heterocycles. The van der Waals surface area contributed by atoms with E-state index in [4.69, 9.17) is 9.47 Å². The Hall–Kier alpha value is -3.60. The van der Waals surface area contributed by atoms with Gasteiger partial charge in [-0.2, -0.15) is 0 Å². The minimum Gasteiger partial charge on any atom is -0.444 e. The molecule has 288 valence electrons. The maximum absolute atomic E-state index is 14.6. The van der Waals surface area contributed by atoms with E-state index in [0.29, 0.717) is 24.0 Å². The van der Waals surface area contributed by atoms with E-state index in [1.165, 1.54) is 21.9 Å². The van der Waals surface area contributed by atoms with Crippen molar-refractivity contribution in [3.8, 4) is 0 Å². The van der Waals surface area contributed by atoms with Crippen LogP contribution in [0.15, 0.2) is 30.9 Å². The highest BCUT2D eigenvalue weighted by Gasteiger charge is 2.64. The summed E-state index contributed by atoms with van der Waals surface area (Å²) in [6.45, 7) is 17.4. The summed E-state index contributed by atoms with van der Waals surface area (Å²) in [5, 5.41) is 15.7. The van der Waals surface area contributed by atoms with E-state index in [2.05, 4.69) is 21.9 Å². The summed E-state index contributed by atoms with van der Waals surface area (Å²) in [5.41, 5.74) is -3.51. The first-order chi connectivity index (χ1) is 23.9. The van der Waals surface area contributed by atoms with Crippen LogP contribution in [0.4, 0.5) is 9.18 Å². The van der Waals surface area contributed by atoms with Crippen LogP contribution >= 0.6 is 0 Å². The average Bonchev–Trinajstić information content (AvgIpc) is 3.92. The lowest BCUT2D eigenvalue weighted by Gasteiger charge is -2.39. The van der Waals surface area contributed by atoms with Gasteiger partial charge in [-0.05, 0) is 57.1 Å². The summed E-state index contributed by atoms with van der Waals surface area (Å²) in [4.78, 5) is 58.9. The molecule has 14 nitrogen and oxygen atoms in total. The molecule has 3 fully saturated rings. The maximum Gasteiger partial charge on any atom is 0.410 e. The molecule has 16 heteroatoms. The van der Waals surface area contributed by atoms with Crippen LogP contribution in [0.2, 0.25) is 0 Å². The van der Waals surface area contributed by atoms with Gasteiger partial charge in [0.2, 0.25) is 28.3 Å². The molecule has 2 saturated carbocycles. The second kappa shape index (κ2) is 13.7. The highest BCUT2D eigenvalue weighted by molar-refractivity contribution is 7.91. The number of rotatable bonds is 11. The van der Waals surface area contributed by atoms with Gasteiger partial charge < -0.3 is 24.8 Å². The number of benzene rings is 1. The van der Waals surface area contributed by atoms with Gasteiger partial charge in [-0.25, -0.2) is 17.6 Å². The van der Waals surface area contributed by atoms with Crippen LogP contribution in [0.5, 0.6) is 0 Å². The zero-order valence-electron chi connectivity index (χ0n) is 31.1. The smallest absolute Gasteiger partial charge is 0.410 e. The van der Waals surface area contributed by atoms with E-state index in [1.807, 2.05) is 0 Å². The van der Waals surface area contributed by atoms with E-state index in [-0.39, 0.29) is 26.1 Å². The second-order valence-electron chi connectivity index (χ2n) is 17.1. The van der Waals surface area contributed by atoms with Crippen molar-refractivity contribution >= 4 is 33.8 Å². The number of hydrogen-bond donors (Lipinski definition) is 4. The van der Waals surface area contributed by atoms with Crippen molar-refractivity contribution in [2.45, 2.75) is 129 Å². The SMILES string of the molecule is C=CC1CC1(NC(=O)C1N(C(=O)C(NC(O)OC(C)(C)C)C(C)(C)C)CC(OC(=O)N2Cc3cccc(F)c3C2)C1(C)C)C(=O)NS(=O)(=O)C1CC1. The molecular weight excluding hydrogens is 697 g/mol. The molecule has 5 rings (SSSR count). The summed E-state index contributed by atoms with van der Waals surface area (Å²) in [5.74, 6) is -3.31. The van der Waals surface area contributed by atoms with Crippen LogP contribution in [0.3, 0.4) is 0 Å². The Bertz CT molecular complexity index is 1740. The number of carbonyl (C=O) groups excluding carboxylic acids is 4. The lowest BCUT2D eigenvalue weighted by molar-refractivity contribution is -0.192. The Morgan fingerprint density at radius 2 is 1.75 bits per heavy atom. The average molecular weight is 750 g/mol. The van der Waals surface area contributed by atoms with E-state index in [0.717, 1.165) is 0 Å². The first kappa shape index (κ1) is 39.6. The molecule has 2 heterocycles. The number of carbonyl (C=O) groups is 4. The van der Waals surface area contributed by atoms with Gasteiger partial charge in [0.15, 0.2) is 0 Å².